The highest BCUT2D eigenvalue weighted by molar-refractivity contribution is 6.56. The molecule has 2 amide bonds. The molecule has 0 unspecified atom stereocenters. The van der Waals surface area contributed by atoms with Gasteiger partial charge in [0.25, 0.3) is 17.3 Å². The normalized spacial score (nSPS) is 12.0. The smallest absolute Gasteiger partial charge is 0.390 e. The quantitative estimate of drug-likeness (QED) is 0.142. The minimum Gasteiger partial charge on any atom is -0.390 e. The number of carbonyl (C=O) groups excluding carboxylic acids is 2. The Bertz CT molecular complexity index is 979. The van der Waals surface area contributed by atoms with Crippen molar-refractivity contribution >= 4 is 32.0 Å². The number of hydrogen-bond donors (Lipinski definition) is 5. The summed E-state index contributed by atoms with van der Waals surface area (Å²) in [5, 5.41) is 27.0. The molecule has 2 aromatic rings. The van der Waals surface area contributed by atoms with E-state index in [4.69, 9.17) is 14.4 Å². The van der Waals surface area contributed by atoms with Gasteiger partial charge in [-0.15, -0.1) is 0 Å². The van der Waals surface area contributed by atoms with Crippen LogP contribution in [0.3, 0.4) is 0 Å². The molecule has 0 saturated heterocycles. The summed E-state index contributed by atoms with van der Waals surface area (Å²) in [5.41, 5.74) is -1.32. The van der Waals surface area contributed by atoms with Crippen LogP contribution in [0.4, 0.5) is 11.4 Å². The fraction of sp³-hybridized carbons (Fsp3) is 0.222. The first kappa shape index (κ1) is 24.5. The van der Waals surface area contributed by atoms with Crippen LogP contribution < -0.4 is 10.6 Å². The number of carbonyl (C=O) groups is 2. The maximum atomic E-state index is 12.7. The van der Waals surface area contributed by atoms with Crippen molar-refractivity contribution in [2.24, 2.45) is 0 Å². The highest BCUT2D eigenvalue weighted by atomic mass is 28.4. The first-order chi connectivity index (χ1) is 15.0. The summed E-state index contributed by atoms with van der Waals surface area (Å²) in [4.78, 5) is 72.8. The van der Waals surface area contributed by atoms with Gasteiger partial charge in [-0.25, -0.2) is 0 Å². The standard InChI is InChI=1S/C18H20N4O9Si/c23-17(13-9-14(21(25)26)11-15(10-13)22(27)28)20-16(12-5-2-1-3-6-12)18(24)19-7-4-8-32(29,30)31/h1-3,5-6,9-11,16,29-31H,4,7-8H2,(H,19,24)(H,20,23)/t16-/m0/s1. The van der Waals surface area contributed by atoms with E-state index < -0.39 is 47.9 Å². The van der Waals surface area contributed by atoms with E-state index in [0.717, 1.165) is 12.1 Å². The third kappa shape index (κ3) is 7.20. The van der Waals surface area contributed by atoms with E-state index >= 15 is 0 Å². The van der Waals surface area contributed by atoms with E-state index in [0.29, 0.717) is 11.6 Å². The Balaban J connectivity index is 2.24. The Morgan fingerprint density at radius 2 is 1.53 bits per heavy atom. The van der Waals surface area contributed by atoms with E-state index in [2.05, 4.69) is 10.6 Å². The van der Waals surface area contributed by atoms with Gasteiger partial charge in [-0.2, -0.15) is 0 Å². The van der Waals surface area contributed by atoms with Crippen molar-refractivity contribution in [2.75, 3.05) is 6.54 Å². The molecule has 0 fully saturated rings. The summed E-state index contributed by atoms with van der Waals surface area (Å²) in [6.45, 7) is -0.0310. The number of hydrogen-bond acceptors (Lipinski definition) is 9. The van der Waals surface area contributed by atoms with Gasteiger partial charge in [0.15, 0.2) is 0 Å². The average Bonchev–Trinajstić information content (AvgIpc) is 2.74. The lowest BCUT2D eigenvalue weighted by Gasteiger charge is -2.19. The number of nitro benzene ring substituents is 2. The zero-order valence-electron chi connectivity index (χ0n) is 16.5. The number of nitrogens with zero attached hydrogens (tertiary/aromatic N) is 2. The van der Waals surface area contributed by atoms with Crippen LogP contribution >= 0.6 is 0 Å². The van der Waals surface area contributed by atoms with Crippen molar-refractivity contribution in [3.63, 3.8) is 0 Å². The summed E-state index contributed by atoms with van der Waals surface area (Å²) < 4.78 is 0. The van der Waals surface area contributed by atoms with Gasteiger partial charge in [-0.1, -0.05) is 30.3 Å². The van der Waals surface area contributed by atoms with Crippen molar-refractivity contribution in [3.05, 3.63) is 79.9 Å². The number of benzene rings is 2. The number of amides is 2. The molecule has 0 aliphatic heterocycles. The van der Waals surface area contributed by atoms with E-state index in [9.17, 15) is 29.8 Å². The second kappa shape index (κ2) is 10.5. The van der Waals surface area contributed by atoms with Crippen LogP contribution in [-0.2, 0) is 4.79 Å². The van der Waals surface area contributed by atoms with E-state index in [-0.39, 0.29) is 24.6 Å². The average molecular weight is 464 g/mol. The number of nitro groups is 2. The molecule has 5 N–H and O–H groups in total. The molecule has 32 heavy (non-hydrogen) atoms. The lowest BCUT2D eigenvalue weighted by molar-refractivity contribution is -0.394. The molecule has 1 atom stereocenters. The fourth-order valence-electron chi connectivity index (χ4n) is 2.74. The van der Waals surface area contributed by atoms with Gasteiger partial charge in [0.1, 0.15) is 6.04 Å². The van der Waals surface area contributed by atoms with Gasteiger partial charge >= 0.3 is 8.80 Å². The Morgan fingerprint density at radius 1 is 0.969 bits per heavy atom. The van der Waals surface area contributed by atoms with E-state index in [1.807, 2.05) is 0 Å². The molecule has 0 aliphatic rings. The Labute approximate surface area is 182 Å². The van der Waals surface area contributed by atoms with Crippen molar-refractivity contribution in [1.82, 2.24) is 10.6 Å². The van der Waals surface area contributed by atoms with Crippen molar-refractivity contribution in [1.29, 1.82) is 0 Å². The van der Waals surface area contributed by atoms with Crippen LogP contribution in [0.5, 0.6) is 0 Å². The molecular weight excluding hydrogens is 444 g/mol. The summed E-state index contributed by atoms with van der Waals surface area (Å²) in [6, 6.07) is 8.89. The lowest BCUT2D eigenvalue weighted by Crippen LogP contribution is -2.41. The molecule has 2 aromatic carbocycles. The van der Waals surface area contributed by atoms with Crippen molar-refractivity contribution in [2.45, 2.75) is 18.5 Å². The summed E-state index contributed by atoms with van der Waals surface area (Å²) in [5.74, 6) is -1.63. The monoisotopic (exact) mass is 464 g/mol. The molecule has 170 valence electrons. The van der Waals surface area contributed by atoms with Gasteiger partial charge < -0.3 is 25.0 Å². The number of rotatable bonds is 10. The molecule has 2 rings (SSSR count). The van der Waals surface area contributed by atoms with Crippen LogP contribution in [0.1, 0.15) is 28.4 Å². The van der Waals surface area contributed by atoms with Gasteiger partial charge in [0.05, 0.1) is 21.5 Å². The molecule has 13 nitrogen and oxygen atoms in total. The minimum atomic E-state index is -4.25. The zero-order chi connectivity index (χ0) is 23.9. The van der Waals surface area contributed by atoms with Crippen molar-refractivity contribution < 1.29 is 33.8 Å². The summed E-state index contributed by atoms with van der Waals surface area (Å²) in [7, 11) is -4.25. The molecule has 0 radical (unpaired) electrons. The molecule has 0 aliphatic carbocycles. The van der Waals surface area contributed by atoms with E-state index in [1.54, 1.807) is 30.3 Å². The Morgan fingerprint density at radius 3 is 2.03 bits per heavy atom. The zero-order valence-corrected chi connectivity index (χ0v) is 17.5. The van der Waals surface area contributed by atoms with Gasteiger partial charge in [-0.05, 0) is 12.0 Å². The predicted molar refractivity (Wildman–Crippen MR) is 111 cm³/mol. The van der Waals surface area contributed by atoms with Gasteiger partial charge in [0.2, 0.25) is 5.91 Å². The molecule has 0 saturated carbocycles. The largest absolute Gasteiger partial charge is 0.492 e. The molecule has 0 heterocycles. The SMILES string of the molecule is O=C(N[C@H](C(=O)NCCC[Si](O)(O)O)c1ccccc1)c1cc([N+](=O)[O-])cc([N+](=O)[O-])c1. The van der Waals surface area contributed by atoms with E-state index in [1.165, 1.54) is 0 Å². The molecule has 0 bridgehead atoms. The van der Waals surface area contributed by atoms with Gasteiger partial charge in [0, 0.05) is 24.7 Å². The van der Waals surface area contributed by atoms with Crippen LogP contribution in [0.25, 0.3) is 0 Å². The molecule has 0 aromatic heterocycles. The van der Waals surface area contributed by atoms with Crippen LogP contribution in [0.15, 0.2) is 48.5 Å². The Hall–Kier alpha value is -3.72. The predicted octanol–water partition coefficient (Wildman–Crippen LogP) is 0.396. The lowest BCUT2D eigenvalue weighted by atomic mass is 10.0. The van der Waals surface area contributed by atoms with Crippen molar-refractivity contribution in [3.8, 4) is 0 Å². The topological polar surface area (TPSA) is 205 Å². The third-order valence-electron chi connectivity index (χ3n) is 4.25. The Kier molecular flexibility index (Phi) is 8.08. The van der Waals surface area contributed by atoms with Crippen LogP contribution in [0, 0.1) is 20.2 Å². The van der Waals surface area contributed by atoms with Crippen LogP contribution in [-0.4, -0.2) is 51.4 Å². The van der Waals surface area contributed by atoms with Crippen LogP contribution in [0.2, 0.25) is 6.04 Å². The second-order valence-electron chi connectivity index (χ2n) is 6.74. The molecule has 14 heteroatoms. The first-order valence-electron chi connectivity index (χ1n) is 9.22. The maximum absolute atomic E-state index is 12.7. The number of non-ortho nitro benzene ring substituents is 2. The number of nitrogens with one attached hydrogen (secondary N) is 2. The van der Waals surface area contributed by atoms with Gasteiger partial charge in [-0.3, -0.25) is 29.8 Å². The first-order valence-corrected chi connectivity index (χ1v) is 11.3. The summed E-state index contributed by atoms with van der Waals surface area (Å²) in [6.07, 6.45) is 0.0635. The molecular formula is C18H20N4O9Si. The minimum absolute atomic E-state index is 0.0310. The maximum Gasteiger partial charge on any atom is 0.492 e. The summed E-state index contributed by atoms with van der Waals surface area (Å²) >= 11 is 0. The highest BCUT2D eigenvalue weighted by Crippen LogP contribution is 2.23. The third-order valence-corrected chi connectivity index (χ3v) is 5.27. The fourth-order valence-corrected chi connectivity index (χ4v) is 3.39. The highest BCUT2D eigenvalue weighted by Gasteiger charge is 2.28. The molecule has 0 spiro atoms. The second-order valence-corrected chi connectivity index (χ2v) is 8.79.